The van der Waals surface area contributed by atoms with E-state index in [4.69, 9.17) is 0 Å². The van der Waals surface area contributed by atoms with E-state index >= 15 is 0 Å². The van der Waals surface area contributed by atoms with E-state index in [9.17, 15) is 4.79 Å². The molecule has 0 N–H and O–H groups in total. The van der Waals surface area contributed by atoms with Crippen LogP contribution < -0.4 is 10.5 Å². The molecule has 1 atom stereocenters. The zero-order valence-electron chi connectivity index (χ0n) is 16.4. The monoisotopic (exact) mass is 380 g/mol. The minimum absolute atomic E-state index is 0.0812. The predicted molar refractivity (Wildman–Crippen MR) is 105 cm³/mol. The van der Waals surface area contributed by atoms with Crippen molar-refractivity contribution in [2.75, 3.05) is 11.4 Å². The van der Waals surface area contributed by atoms with Gasteiger partial charge in [0.05, 0.1) is 30.7 Å². The molecule has 0 aromatic carbocycles. The average molecular weight is 380 g/mol. The Balaban J connectivity index is 1.60. The first-order chi connectivity index (χ1) is 13.4. The van der Waals surface area contributed by atoms with Gasteiger partial charge in [0, 0.05) is 18.0 Å². The lowest BCUT2D eigenvalue weighted by molar-refractivity contribution is 0.456. The molecule has 9 nitrogen and oxygen atoms in total. The van der Waals surface area contributed by atoms with Gasteiger partial charge in [0.25, 0.3) is 5.56 Å². The van der Waals surface area contributed by atoms with Crippen molar-refractivity contribution in [2.45, 2.75) is 51.6 Å². The first-order valence-corrected chi connectivity index (χ1v) is 9.44. The van der Waals surface area contributed by atoms with Gasteiger partial charge in [0.2, 0.25) is 0 Å². The van der Waals surface area contributed by atoms with Gasteiger partial charge in [0.1, 0.15) is 18.5 Å². The summed E-state index contributed by atoms with van der Waals surface area (Å²) in [5.74, 6) is 1.39. The quantitative estimate of drug-likeness (QED) is 0.678. The van der Waals surface area contributed by atoms with Gasteiger partial charge in [-0.2, -0.15) is 10.2 Å². The molecule has 1 fully saturated rings. The molecule has 146 valence electrons. The minimum atomic E-state index is -0.109. The van der Waals surface area contributed by atoms with E-state index in [1.807, 2.05) is 6.07 Å². The Hall–Kier alpha value is -3.10. The molecule has 1 unspecified atom stereocenters. The Bertz CT molecular complexity index is 1010. The Morgan fingerprint density at radius 1 is 1.14 bits per heavy atom. The van der Waals surface area contributed by atoms with Crippen molar-refractivity contribution >= 4 is 5.82 Å². The molecule has 0 saturated carbocycles. The summed E-state index contributed by atoms with van der Waals surface area (Å²) >= 11 is 0. The van der Waals surface area contributed by atoms with Crippen molar-refractivity contribution in [3.8, 4) is 5.82 Å². The zero-order valence-corrected chi connectivity index (χ0v) is 16.4. The maximum atomic E-state index is 12.4. The summed E-state index contributed by atoms with van der Waals surface area (Å²) in [6, 6.07) is 3.57. The maximum absolute atomic E-state index is 12.4. The van der Waals surface area contributed by atoms with Gasteiger partial charge in [0.15, 0.2) is 5.82 Å². The topological polar surface area (TPSA) is 94.6 Å². The summed E-state index contributed by atoms with van der Waals surface area (Å²) in [6.45, 7) is 7.68. The van der Waals surface area contributed by atoms with E-state index in [-0.39, 0.29) is 17.0 Å². The van der Waals surface area contributed by atoms with Crippen molar-refractivity contribution in [2.24, 2.45) is 0 Å². The lowest BCUT2D eigenvalue weighted by Crippen LogP contribution is -2.38. The lowest BCUT2D eigenvalue weighted by atomic mass is 9.92. The zero-order chi connectivity index (χ0) is 19.7. The van der Waals surface area contributed by atoms with E-state index in [0.29, 0.717) is 12.4 Å². The van der Waals surface area contributed by atoms with Crippen LogP contribution >= 0.6 is 0 Å². The standard InChI is InChI=1S/C19H24N8O/c1-19(2,3)15-6-7-18(28)26(24-15)11-14-5-4-8-25(14)16-9-20-10-17(23-16)27-13-21-12-22-27/h6-7,9-10,12-14H,4-5,8,11H2,1-3H3. The SMILES string of the molecule is CC(C)(C)c1ccc(=O)n(CC2CCCN2c2cncc(-n3cncn3)n2)n1. The van der Waals surface area contributed by atoms with Crippen molar-refractivity contribution in [3.05, 3.63) is 53.2 Å². The number of aromatic nitrogens is 7. The third kappa shape index (κ3) is 3.64. The van der Waals surface area contributed by atoms with Gasteiger partial charge >= 0.3 is 0 Å². The van der Waals surface area contributed by atoms with Crippen molar-refractivity contribution in [1.82, 2.24) is 34.5 Å². The van der Waals surface area contributed by atoms with Crippen LogP contribution in [0.5, 0.6) is 0 Å². The summed E-state index contributed by atoms with van der Waals surface area (Å²) in [5.41, 5.74) is 0.717. The second-order valence-corrected chi connectivity index (χ2v) is 8.05. The van der Waals surface area contributed by atoms with E-state index in [1.165, 1.54) is 6.33 Å². The Morgan fingerprint density at radius 3 is 2.71 bits per heavy atom. The fourth-order valence-electron chi connectivity index (χ4n) is 3.43. The second-order valence-electron chi connectivity index (χ2n) is 8.05. The maximum Gasteiger partial charge on any atom is 0.266 e. The summed E-state index contributed by atoms with van der Waals surface area (Å²) in [7, 11) is 0. The van der Waals surface area contributed by atoms with E-state index in [1.54, 1.807) is 34.2 Å². The van der Waals surface area contributed by atoms with E-state index in [0.717, 1.165) is 30.9 Å². The average Bonchev–Trinajstić information content (AvgIpc) is 3.34. The highest BCUT2D eigenvalue weighted by molar-refractivity contribution is 5.41. The molecular weight excluding hydrogens is 356 g/mol. The smallest absolute Gasteiger partial charge is 0.266 e. The first-order valence-electron chi connectivity index (χ1n) is 9.44. The normalized spacial score (nSPS) is 17.2. The molecule has 0 spiro atoms. The molecule has 9 heteroatoms. The largest absolute Gasteiger partial charge is 0.350 e. The highest BCUT2D eigenvalue weighted by atomic mass is 16.1. The molecule has 1 aliphatic rings. The molecule has 3 aromatic rings. The van der Waals surface area contributed by atoms with Crippen LogP contribution in [0, 0.1) is 0 Å². The fraction of sp³-hybridized carbons (Fsp3) is 0.474. The van der Waals surface area contributed by atoms with Crippen LogP contribution in [-0.2, 0) is 12.0 Å². The molecular formula is C19H24N8O. The van der Waals surface area contributed by atoms with Crippen molar-refractivity contribution in [1.29, 1.82) is 0 Å². The van der Waals surface area contributed by atoms with Gasteiger partial charge in [-0.05, 0) is 18.9 Å². The molecule has 28 heavy (non-hydrogen) atoms. The van der Waals surface area contributed by atoms with Crippen LogP contribution in [0.25, 0.3) is 5.82 Å². The Morgan fingerprint density at radius 2 is 1.96 bits per heavy atom. The molecule has 4 heterocycles. The Kier molecular flexibility index (Phi) is 4.66. The van der Waals surface area contributed by atoms with Gasteiger partial charge in [-0.1, -0.05) is 20.8 Å². The van der Waals surface area contributed by atoms with Crippen LogP contribution in [0.4, 0.5) is 5.82 Å². The van der Waals surface area contributed by atoms with Crippen molar-refractivity contribution in [3.63, 3.8) is 0 Å². The first kappa shape index (κ1) is 18.3. The van der Waals surface area contributed by atoms with Crippen LogP contribution in [0.3, 0.4) is 0 Å². The summed E-state index contributed by atoms with van der Waals surface area (Å²) in [6.07, 6.45) is 8.48. The summed E-state index contributed by atoms with van der Waals surface area (Å²) in [5, 5.41) is 8.73. The van der Waals surface area contributed by atoms with Gasteiger partial charge in [-0.25, -0.2) is 19.3 Å². The van der Waals surface area contributed by atoms with E-state index < -0.39 is 0 Å². The van der Waals surface area contributed by atoms with Crippen LogP contribution in [0.15, 0.2) is 42.0 Å². The highest BCUT2D eigenvalue weighted by Crippen LogP contribution is 2.25. The van der Waals surface area contributed by atoms with Gasteiger partial charge in [-0.3, -0.25) is 9.78 Å². The summed E-state index contributed by atoms with van der Waals surface area (Å²) < 4.78 is 3.17. The molecule has 4 rings (SSSR count). The molecule has 0 bridgehead atoms. The molecule has 0 amide bonds. The van der Waals surface area contributed by atoms with Crippen molar-refractivity contribution < 1.29 is 0 Å². The predicted octanol–water partition coefficient (Wildman–Crippen LogP) is 1.58. The summed E-state index contributed by atoms with van der Waals surface area (Å²) in [4.78, 5) is 27.5. The fourth-order valence-corrected chi connectivity index (χ4v) is 3.43. The number of hydrogen-bond donors (Lipinski definition) is 0. The lowest BCUT2D eigenvalue weighted by Gasteiger charge is -2.26. The molecule has 0 aliphatic carbocycles. The molecule has 1 saturated heterocycles. The number of hydrogen-bond acceptors (Lipinski definition) is 7. The highest BCUT2D eigenvalue weighted by Gasteiger charge is 2.28. The van der Waals surface area contributed by atoms with E-state index in [2.05, 4.69) is 50.8 Å². The van der Waals surface area contributed by atoms with Gasteiger partial charge < -0.3 is 4.90 Å². The number of anilines is 1. The number of nitrogens with zero attached hydrogens (tertiary/aromatic N) is 8. The van der Waals surface area contributed by atoms with Crippen LogP contribution in [-0.4, -0.2) is 47.1 Å². The Labute approximate surface area is 163 Å². The molecule has 3 aromatic heterocycles. The van der Waals surface area contributed by atoms with Gasteiger partial charge in [-0.15, -0.1) is 0 Å². The third-order valence-electron chi connectivity index (χ3n) is 4.95. The second kappa shape index (κ2) is 7.14. The van der Waals surface area contributed by atoms with Crippen LogP contribution in [0.1, 0.15) is 39.3 Å². The molecule has 0 radical (unpaired) electrons. The van der Waals surface area contributed by atoms with Crippen LogP contribution in [0.2, 0.25) is 0 Å². The number of rotatable bonds is 4. The minimum Gasteiger partial charge on any atom is -0.350 e. The third-order valence-corrected chi connectivity index (χ3v) is 4.95. The molecule has 1 aliphatic heterocycles.